The predicted molar refractivity (Wildman–Crippen MR) is 88.0 cm³/mol. The van der Waals surface area contributed by atoms with E-state index < -0.39 is 10.0 Å². The number of aryl methyl sites for hydroxylation is 2. The molecule has 0 radical (unpaired) electrons. The Bertz CT molecular complexity index is 847. The van der Waals surface area contributed by atoms with Crippen LogP contribution < -0.4 is 0 Å². The van der Waals surface area contributed by atoms with Crippen LogP contribution in [0, 0.1) is 0 Å². The standard InChI is InChI=1S/C16H21N5O2S/c1-20-16(13-5-2-3-6-14(13)19-20)24(22,23)21-10-7-12(11-21)15-17-8-4-9-18-15/h4,8-9,12H,2-3,5-7,10-11H2,1H3. The average Bonchev–Trinajstić information content (AvgIpc) is 3.20. The van der Waals surface area contributed by atoms with Crippen LogP contribution in [0.1, 0.15) is 42.3 Å². The van der Waals surface area contributed by atoms with Crippen LogP contribution in [-0.2, 0) is 29.9 Å². The van der Waals surface area contributed by atoms with E-state index in [1.54, 1.807) is 34.5 Å². The zero-order valence-electron chi connectivity index (χ0n) is 13.7. The van der Waals surface area contributed by atoms with Gasteiger partial charge in [0.1, 0.15) is 5.82 Å². The molecule has 0 bridgehead atoms. The molecule has 2 aliphatic rings. The summed E-state index contributed by atoms with van der Waals surface area (Å²) in [6.07, 6.45) is 7.95. The Morgan fingerprint density at radius 3 is 2.71 bits per heavy atom. The van der Waals surface area contributed by atoms with E-state index in [0.29, 0.717) is 18.1 Å². The third kappa shape index (κ3) is 2.53. The summed E-state index contributed by atoms with van der Waals surface area (Å²) in [4.78, 5) is 8.56. The topological polar surface area (TPSA) is 81.0 Å². The maximum atomic E-state index is 13.2. The van der Waals surface area contributed by atoms with Crippen molar-refractivity contribution in [3.8, 4) is 0 Å². The van der Waals surface area contributed by atoms with E-state index in [4.69, 9.17) is 0 Å². The molecular weight excluding hydrogens is 326 g/mol. The molecular formula is C16H21N5O2S. The van der Waals surface area contributed by atoms with Gasteiger partial charge in [0.2, 0.25) is 0 Å². The molecule has 0 N–H and O–H groups in total. The van der Waals surface area contributed by atoms with Crippen molar-refractivity contribution < 1.29 is 8.42 Å². The molecule has 1 saturated heterocycles. The van der Waals surface area contributed by atoms with Crippen LogP contribution >= 0.6 is 0 Å². The second kappa shape index (κ2) is 5.93. The molecule has 1 unspecified atom stereocenters. The van der Waals surface area contributed by atoms with Crippen LogP contribution in [0.3, 0.4) is 0 Å². The first-order chi connectivity index (χ1) is 11.6. The molecule has 2 aromatic rings. The lowest BCUT2D eigenvalue weighted by Crippen LogP contribution is -2.31. The summed E-state index contributed by atoms with van der Waals surface area (Å²) in [5.41, 5.74) is 1.87. The fourth-order valence-corrected chi connectivity index (χ4v) is 5.65. The lowest BCUT2D eigenvalue weighted by molar-refractivity contribution is 0.460. The highest BCUT2D eigenvalue weighted by molar-refractivity contribution is 7.89. The molecule has 0 saturated carbocycles. The Morgan fingerprint density at radius 2 is 1.92 bits per heavy atom. The molecule has 8 heteroatoms. The quantitative estimate of drug-likeness (QED) is 0.835. The smallest absolute Gasteiger partial charge is 0.256 e. The van der Waals surface area contributed by atoms with Crippen molar-refractivity contribution in [2.45, 2.75) is 43.0 Å². The molecule has 2 aromatic heterocycles. The van der Waals surface area contributed by atoms with Gasteiger partial charge in [0.15, 0.2) is 5.03 Å². The number of aromatic nitrogens is 4. The zero-order chi connectivity index (χ0) is 16.7. The minimum Gasteiger partial charge on any atom is -0.256 e. The predicted octanol–water partition coefficient (Wildman–Crippen LogP) is 1.27. The summed E-state index contributed by atoms with van der Waals surface area (Å²) in [5.74, 6) is 0.785. The molecule has 1 aliphatic carbocycles. The van der Waals surface area contributed by atoms with Crippen molar-refractivity contribution in [1.82, 2.24) is 24.1 Å². The van der Waals surface area contributed by atoms with E-state index in [2.05, 4.69) is 15.1 Å². The van der Waals surface area contributed by atoms with E-state index in [0.717, 1.165) is 49.2 Å². The molecule has 0 amide bonds. The average molecular weight is 347 g/mol. The third-order valence-electron chi connectivity index (χ3n) is 4.95. The Kier molecular flexibility index (Phi) is 3.88. The number of sulfonamides is 1. The second-order valence-corrected chi connectivity index (χ2v) is 8.37. The summed E-state index contributed by atoms with van der Waals surface area (Å²) in [6, 6.07) is 1.77. The van der Waals surface area contributed by atoms with Crippen molar-refractivity contribution in [2.75, 3.05) is 13.1 Å². The van der Waals surface area contributed by atoms with Crippen molar-refractivity contribution >= 4 is 10.0 Å². The van der Waals surface area contributed by atoms with E-state index in [1.165, 1.54) is 0 Å². The lowest BCUT2D eigenvalue weighted by atomic mass is 9.99. The van der Waals surface area contributed by atoms with Gasteiger partial charge in [-0.05, 0) is 38.2 Å². The van der Waals surface area contributed by atoms with Gasteiger partial charge in [-0.15, -0.1) is 0 Å². The highest BCUT2D eigenvalue weighted by atomic mass is 32.2. The monoisotopic (exact) mass is 347 g/mol. The van der Waals surface area contributed by atoms with Crippen LogP contribution in [0.2, 0.25) is 0 Å². The maximum Gasteiger partial charge on any atom is 0.260 e. The summed E-state index contributed by atoms with van der Waals surface area (Å²) in [5, 5.41) is 4.83. The first-order valence-electron chi connectivity index (χ1n) is 8.39. The molecule has 1 fully saturated rings. The maximum absolute atomic E-state index is 13.2. The van der Waals surface area contributed by atoms with Gasteiger partial charge < -0.3 is 0 Å². The van der Waals surface area contributed by atoms with Gasteiger partial charge in [0.25, 0.3) is 10.0 Å². The highest BCUT2D eigenvalue weighted by Crippen LogP contribution is 2.33. The van der Waals surface area contributed by atoms with E-state index in [-0.39, 0.29) is 5.92 Å². The van der Waals surface area contributed by atoms with Crippen LogP contribution in [0.15, 0.2) is 23.5 Å². The first-order valence-corrected chi connectivity index (χ1v) is 9.83. The molecule has 24 heavy (non-hydrogen) atoms. The summed E-state index contributed by atoms with van der Waals surface area (Å²) in [7, 11) is -1.79. The zero-order valence-corrected chi connectivity index (χ0v) is 14.5. The van der Waals surface area contributed by atoms with Crippen molar-refractivity contribution in [2.24, 2.45) is 7.05 Å². The number of hydrogen-bond acceptors (Lipinski definition) is 5. The fourth-order valence-electron chi connectivity index (χ4n) is 3.78. The van der Waals surface area contributed by atoms with Crippen LogP contribution in [0.4, 0.5) is 0 Å². The normalized spacial score (nSPS) is 21.8. The molecule has 1 aliphatic heterocycles. The van der Waals surface area contributed by atoms with Gasteiger partial charge in [0.05, 0.1) is 5.69 Å². The van der Waals surface area contributed by atoms with Crippen LogP contribution in [0.5, 0.6) is 0 Å². The largest absolute Gasteiger partial charge is 0.260 e. The fraction of sp³-hybridized carbons (Fsp3) is 0.562. The number of fused-ring (bicyclic) bond motifs is 1. The Labute approximate surface area is 141 Å². The SMILES string of the molecule is Cn1nc2c(c1S(=O)(=O)N1CCC(c3ncccn3)C1)CCCC2. The van der Waals surface area contributed by atoms with Gasteiger partial charge in [-0.25, -0.2) is 18.4 Å². The van der Waals surface area contributed by atoms with E-state index >= 15 is 0 Å². The molecule has 128 valence electrons. The minimum atomic E-state index is -3.53. The van der Waals surface area contributed by atoms with Crippen molar-refractivity contribution in [3.05, 3.63) is 35.5 Å². The molecule has 1 atom stereocenters. The molecule has 4 rings (SSSR count). The molecule has 0 aromatic carbocycles. The minimum absolute atomic E-state index is 0.0602. The van der Waals surface area contributed by atoms with Crippen molar-refractivity contribution in [3.63, 3.8) is 0 Å². The summed E-state index contributed by atoms with van der Waals surface area (Å²) >= 11 is 0. The summed E-state index contributed by atoms with van der Waals surface area (Å²) in [6.45, 7) is 0.942. The van der Waals surface area contributed by atoms with E-state index in [1.807, 2.05) is 0 Å². The van der Waals surface area contributed by atoms with Gasteiger partial charge in [-0.3, -0.25) is 4.68 Å². The Morgan fingerprint density at radius 1 is 1.17 bits per heavy atom. The van der Waals surface area contributed by atoms with Gasteiger partial charge in [-0.1, -0.05) is 0 Å². The number of hydrogen-bond donors (Lipinski definition) is 0. The summed E-state index contributed by atoms with van der Waals surface area (Å²) < 4.78 is 29.5. The third-order valence-corrected chi connectivity index (χ3v) is 6.96. The van der Waals surface area contributed by atoms with Crippen LogP contribution in [0.25, 0.3) is 0 Å². The Hall–Kier alpha value is -1.80. The van der Waals surface area contributed by atoms with Gasteiger partial charge in [0, 0.05) is 44.0 Å². The van der Waals surface area contributed by atoms with E-state index in [9.17, 15) is 8.42 Å². The number of rotatable bonds is 3. The Balaban J connectivity index is 1.64. The molecule has 7 nitrogen and oxygen atoms in total. The van der Waals surface area contributed by atoms with Gasteiger partial charge in [-0.2, -0.15) is 9.40 Å². The van der Waals surface area contributed by atoms with Crippen molar-refractivity contribution in [1.29, 1.82) is 0 Å². The van der Waals surface area contributed by atoms with Gasteiger partial charge >= 0.3 is 0 Å². The second-order valence-electron chi connectivity index (χ2n) is 6.52. The highest BCUT2D eigenvalue weighted by Gasteiger charge is 2.38. The number of nitrogens with zero attached hydrogens (tertiary/aromatic N) is 5. The first kappa shape index (κ1) is 15.7. The molecule has 3 heterocycles. The van der Waals surface area contributed by atoms with Crippen LogP contribution in [-0.4, -0.2) is 45.6 Å². The lowest BCUT2D eigenvalue weighted by Gasteiger charge is -2.18. The molecule has 0 spiro atoms.